The van der Waals surface area contributed by atoms with Gasteiger partial charge in [-0.15, -0.1) is 0 Å². The second-order valence-corrected chi connectivity index (χ2v) is 8.82. The molecule has 1 aliphatic rings. The number of aromatic nitrogens is 1. The highest BCUT2D eigenvalue weighted by atomic mass is 32.2. The van der Waals surface area contributed by atoms with Crippen molar-refractivity contribution in [2.75, 3.05) is 11.5 Å². The van der Waals surface area contributed by atoms with Crippen LogP contribution >= 0.6 is 24.0 Å². The third kappa shape index (κ3) is 5.31. The van der Waals surface area contributed by atoms with Crippen molar-refractivity contribution < 1.29 is 24.1 Å². The summed E-state index contributed by atoms with van der Waals surface area (Å²) in [7, 11) is 0. The predicted octanol–water partition coefficient (Wildman–Crippen LogP) is 5.49. The number of anilines is 1. The van der Waals surface area contributed by atoms with E-state index in [0.29, 0.717) is 34.3 Å². The molecule has 1 fully saturated rings. The van der Waals surface area contributed by atoms with Gasteiger partial charge in [-0.1, -0.05) is 36.1 Å². The van der Waals surface area contributed by atoms with Crippen molar-refractivity contribution in [1.82, 2.24) is 4.98 Å². The molecule has 0 atom stereocenters. The zero-order chi connectivity index (χ0) is 25.8. The molecule has 182 valence electrons. The highest BCUT2D eigenvalue weighted by Gasteiger charge is 2.34. The molecule has 1 saturated heterocycles. The second-order valence-electron chi connectivity index (χ2n) is 7.15. The minimum Gasteiger partial charge on any atom is -0.490 e. The van der Waals surface area contributed by atoms with Crippen LogP contribution in [0.15, 0.2) is 65.7 Å². The highest BCUT2D eigenvalue weighted by Crippen LogP contribution is 2.38. The topological polar surface area (TPSA) is 138 Å². The average molecular weight is 525 g/mol. The fourth-order valence-corrected chi connectivity index (χ4v) is 4.51. The third-order valence-electron chi connectivity index (χ3n) is 4.80. The number of rotatable bonds is 8. The van der Waals surface area contributed by atoms with Crippen LogP contribution in [0, 0.1) is 20.2 Å². The maximum Gasteiger partial charge on any atom is 0.287 e. The lowest BCUT2D eigenvalue weighted by Crippen LogP contribution is -2.27. The summed E-state index contributed by atoms with van der Waals surface area (Å²) in [6.07, 6.45) is 2.72. The molecule has 2 heterocycles. The summed E-state index contributed by atoms with van der Waals surface area (Å²) < 4.78 is 11.6. The van der Waals surface area contributed by atoms with E-state index in [9.17, 15) is 25.0 Å². The number of nitrogens with zero attached hydrogens (tertiary/aromatic N) is 4. The number of hydrogen-bond acceptors (Lipinski definition) is 10. The minimum atomic E-state index is -0.557. The number of nitro groups is 2. The van der Waals surface area contributed by atoms with Crippen molar-refractivity contribution in [2.45, 2.75) is 6.92 Å². The van der Waals surface area contributed by atoms with Gasteiger partial charge in [0.25, 0.3) is 17.3 Å². The number of ether oxygens (including phenoxy) is 2. The molecule has 0 radical (unpaired) electrons. The molecule has 3 aromatic rings. The van der Waals surface area contributed by atoms with Crippen molar-refractivity contribution in [3.05, 3.63) is 91.5 Å². The molecule has 0 N–H and O–H groups in total. The fourth-order valence-electron chi connectivity index (χ4n) is 3.21. The number of thioether (sulfide) groups is 1. The molecule has 11 nitrogen and oxygen atoms in total. The number of hydrogen-bond donors (Lipinski definition) is 0. The summed E-state index contributed by atoms with van der Waals surface area (Å²) in [4.78, 5) is 39.4. The van der Waals surface area contributed by atoms with E-state index in [1.807, 2.05) is 0 Å². The first-order valence-corrected chi connectivity index (χ1v) is 11.6. The van der Waals surface area contributed by atoms with Crippen molar-refractivity contribution in [3.8, 4) is 17.4 Å². The standard InChI is InChI=1S/C23H16N4O7S2/c1-2-33-19-10-14(6-8-18(19)34-21-9-7-17(13-24-21)27(31)32)11-20-22(28)25(23(35)36-20)15-4-3-5-16(12-15)26(29)30/h3-13H,2H2,1H3/b20-11+. The molecule has 0 spiro atoms. The van der Waals surface area contributed by atoms with Crippen LogP contribution in [0.25, 0.3) is 6.08 Å². The highest BCUT2D eigenvalue weighted by molar-refractivity contribution is 8.27. The summed E-state index contributed by atoms with van der Waals surface area (Å²) in [6, 6.07) is 13.3. The summed E-state index contributed by atoms with van der Waals surface area (Å²) in [6.45, 7) is 2.13. The third-order valence-corrected chi connectivity index (χ3v) is 6.11. The quantitative estimate of drug-likeness (QED) is 0.161. The smallest absolute Gasteiger partial charge is 0.287 e. The molecule has 0 saturated carbocycles. The number of non-ortho nitro benzene ring substituents is 1. The van der Waals surface area contributed by atoms with E-state index in [2.05, 4.69) is 4.98 Å². The molecule has 0 unspecified atom stereocenters. The Morgan fingerprint density at radius 1 is 1.06 bits per heavy atom. The van der Waals surface area contributed by atoms with Crippen LogP contribution in [0.1, 0.15) is 12.5 Å². The molecule has 13 heteroatoms. The van der Waals surface area contributed by atoms with Gasteiger partial charge in [0.1, 0.15) is 6.20 Å². The maximum atomic E-state index is 13.1. The van der Waals surface area contributed by atoms with Gasteiger partial charge in [-0.25, -0.2) is 4.98 Å². The van der Waals surface area contributed by atoms with Gasteiger partial charge in [-0.2, -0.15) is 0 Å². The van der Waals surface area contributed by atoms with Crippen molar-refractivity contribution >= 4 is 57.3 Å². The van der Waals surface area contributed by atoms with E-state index in [-0.39, 0.29) is 21.6 Å². The molecule has 2 aromatic carbocycles. The van der Waals surface area contributed by atoms with Gasteiger partial charge < -0.3 is 9.47 Å². The summed E-state index contributed by atoms with van der Waals surface area (Å²) in [5.74, 6) is 0.450. The summed E-state index contributed by atoms with van der Waals surface area (Å²) >= 11 is 6.43. The second kappa shape index (κ2) is 10.5. The molecular weight excluding hydrogens is 508 g/mol. The molecule has 1 aromatic heterocycles. The number of carbonyl (C=O) groups is 1. The van der Waals surface area contributed by atoms with Crippen LogP contribution in [-0.4, -0.2) is 31.7 Å². The number of thiocarbonyl (C=S) groups is 1. The molecule has 0 aliphatic carbocycles. The van der Waals surface area contributed by atoms with Crippen LogP contribution in [0.2, 0.25) is 0 Å². The molecular formula is C23H16N4O7S2. The molecule has 0 bridgehead atoms. The van der Waals surface area contributed by atoms with Gasteiger partial charge in [-0.05, 0) is 36.8 Å². The monoisotopic (exact) mass is 524 g/mol. The van der Waals surface area contributed by atoms with Crippen LogP contribution in [0.4, 0.5) is 17.1 Å². The van der Waals surface area contributed by atoms with E-state index in [1.165, 1.54) is 35.2 Å². The lowest BCUT2D eigenvalue weighted by atomic mass is 10.1. The number of amides is 1. The van der Waals surface area contributed by atoms with Crippen molar-refractivity contribution in [3.63, 3.8) is 0 Å². The van der Waals surface area contributed by atoms with Gasteiger partial charge >= 0.3 is 0 Å². The van der Waals surface area contributed by atoms with Gasteiger partial charge in [-0.3, -0.25) is 29.9 Å². The van der Waals surface area contributed by atoms with Gasteiger partial charge in [0.2, 0.25) is 5.88 Å². The largest absolute Gasteiger partial charge is 0.490 e. The Balaban J connectivity index is 1.59. The number of benzene rings is 2. The Hall–Kier alpha value is -4.36. The average Bonchev–Trinajstić information content (AvgIpc) is 3.13. The zero-order valence-corrected chi connectivity index (χ0v) is 20.2. The first-order chi connectivity index (χ1) is 17.3. The van der Waals surface area contributed by atoms with Crippen LogP contribution in [-0.2, 0) is 4.79 Å². The lowest BCUT2D eigenvalue weighted by Gasteiger charge is -2.14. The Bertz CT molecular complexity index is 1410. The van der Waals surface area contributed by atoms with Gasteiger partial charge in [0, 0.05) is 24.3 Å². The number of carbonyl (C=O) groups excluding carboxylic acids is 1. The van der Waals surface area contributed by atoms with Crippen LogP contribution in [0.3, 0.4) is 0 Å². The Morgan fingerprint density at radius 3 is 2.50 bits per heavy atom. The fraction of sp³-hybridized carbons (Fsp3) is 0.0870. The SMILES string of the molecule is CCOc1cc(/C=C2/SC(=S)N(c3cccc([N+](=O)[O-])c3)C2=O)ccc1Oc1ccc([N+](=O)[O-])cn1. The maximum absolute atomic E-state index is 13.1. The van der Waals surface area contributed by atoms with E-state index < -0.39 is 15.8 Å². The summed E-state index contributed by atoms with van der Waals surface area (Å²) in [5, 5.41) is 21.9. The zero-order valence-electron chi connectivity index (χ0n) is 18.5. The predicted molar refractivity (Wildman–Crippen MR) is 137 cm³/mol. The molecule has 36 heavy (non-hydrogen) atoms. The Kier molecular flexibility index (Phi) is 7.22. The lowest BCUT2D eigenvalue weighted by molar-refractivity contribution is -0.385. The van der Waals surface area contributed by atoms with E-state index >= 15 is 0 Å². The van der Waals surface area contributed by atoms with Gasteiger partial charge in [0.15, 0.2) is 15.8 Å². The molecule has 1 aliphatic heterocycles. The van der Waals surface area contributed by atoms with Crippen LogP contribution in [0.5, 0.6) is 17.4 Å². The first-order valence-electron chi connectivity index (χ1n) is 10.3. The Morgan fingerprint density at radius 2 is 1.83 bits per heavy atom. The summed E-state index contributed by atoms with van der Waals surface area (Å²) in [5.41, 5.74) is 0.626. The molecule has 4 rings (SSSR count). The van der Waals surface area contributed by atoms with E-state index in [1.54, 1.807) is 37.3 Å². The number of pyridine rings is 1. The Labute approximate surface area is 213 Å². The van der Waals surface area contributed by atoms with Gasteiger partial charge in [0.05, 0.1) is 27.0 Å². The van der Waals surface area contributed by atoms with Crippen LogP contribution < -0.4 is 14.4 Å². The first kappa shape index (κ1) is 24.8. The number of nitro benzene ring substituents is 1. The van der Waals surface area contributed by atoms with E-state index in [4.69, 9.17) is 21.7 Å². The minimum absolute atomic E-state index is 0.145. The van der Waals surface area contributed by atoms with Crippen molar-refractivity contribution in [2.24, 2.45) is 0 Å². The molecule has 1 amide bonds. The van der Waals surface area contributed by atoms with Crippen molar-refractivity contribution in [1.29, 1.82) is 0 Å². The van der Waals surface area contributed by atoms with E-state index in [0.717, 1.165) is 18.0 Å². The normalized spacial score (nSPS) is 14.2.